The minimum atomic E-state index is -2.82. The maximum absolute atomic E-state index is 12.0. The SMILES string of the molecule is CC(CC(=O)NCCN1CCS(=O)(=O)CC1)C1CCNCC1.Cl.Cl. The van der Waals surface area contributed by atoms with Crippen LogP contribution >= 0.6 is 24.8 Å². The van der Waals surface area contributed by atoms with Crippen molar-refractivity contribution >= 4 is 40.6 Å². The number of nitrogens with one attached hydrogen (secondary N) is 2. The van der Waals surface area contributed by atoms with Crippen LogP contribution in [0.1, 0.15) is 26.2 Å². The minimum Gasteiger partial charge on any atom is -0.355 e. The van der Waals surface area contributed by atoms with Crippen LogP contribution in [0.4, 0.5) is 0 Å². The van der Waals surface area contributed by atoms with Gasteiger partial charge in [0.25, 0.3) is 0 Å². The van der Waals surface area contributed by atoms with Crippen LogP contribution in [0.15, 0.2) is 0 Å². The number of rotatable bonds is 6. The molecule has 2 aliphatic rings. The normalized spacial score (nSPS) is 22.7. The molecule has 0 bridgehead atoms. The van der Waals surface area contributed by atoms with E-state index in [1.54, 1.807) is 0 Å². The Labute approximate surface area is 158 Å². The van der Waals surface area contributed by atoms with Crippen molar-refractivity contribution in [1.29, 1.82) is 0 Å². The van der Waals surface area contributed by atoms with E-state index in [-0.39, 0.29) is 42.2 Å². The molecule has 0 aromatic carbocycles. The van der Waals surface area contributed by atoms with E-state index in [0.29, 0.717) is 37.9 Å². The number of hydrogen-bond acceptors (Lipinski definition) is 5. The van der Waals surface area contributed by atoms with E-state index in [0.717, 1.165) is 32.5 Å². The van der Waals surface area contributed by atoms with Gasteiger partial charge in [0.2, 0.25) is 5.91 Å². The number of carbonyl (C=O) groups is 1. The highest BCUT2D eigenvalue weighted by Gasteiger charge is 2.23. The van der Waals surface area contributed by atoms with Gasteiger partial charge in [-0.05, 0) is 37.8 Å². The molecule has 1 atom stereocenters. The summed E-state index contributed by atoms with van der Waals surface area (Å²) in [5, 5.41) is 6.33. The molecule has 2 saturated heterocycles. The maximum Gasteiger partial charge on any atom is 0.220 e. The summed E-state index contributed by atoms with van der Waals surface area (Å²) >= 11 is 0. The monoisotopic (exact) mass is 403 g/mol. The second-order valence-electron chi connectivity index (χ2n) is 6.61. The van der Waals surface area contributed by atoms with Gasteiger partial charge in [0.05, 0.1) is 11.5 Å². The third-order valence-corrected chi connectivity index (χ3v) is 6.49. The van der Waals surface area contributed by atoms with Crippen LogP contribution in [0.2, 0.25) is 0 Å². The lowest BCUT2D eigenvalue weighted by molar-refractivity contribution is -0.122. The lowest BCUT2D eigenvalue weighted by Gasteiger charge is -2.28. The number of amides is 1. The number of hydrogen-bond donors (Lipinski definition) is 2. The summed E-state index contributed by atoms with van der Waals surface area (Å²) < 4.78 is 22.7. The second-order valence-corrected chi connectivity index (χ2v) is 8.92. The predicted octanol–water partition coefficient (Wildman–Crippen LogP) is 0.702. The first kappa shape index (κ1) is 23.9. The van der Waals surface area contributed by atoms with Crippen LogP contribution < -0.4 is 10.6 Å². The molecule has 6 nitrogen and oxygen atoms in total. The zero-order valence-electron chi connectivity index (χ0n) is 14.3. The molecule has 0 aromatic rings. The lowest BCUT2D eigenvalue weighted by Crippen LogP contribution is -2.44. The van der Waals surface area contributed by atoms with Crippen molar-refractivity contribution in [3.63, 3.8) is 0 Å². The first-order valence-electron chi connectivity index (χ1n) is 8.36. The highest BCUT2D eigenvalue weighted by Crippen LogP contribution is 2.24. The van der Waals surface area contributed by atoms with Crippen molar-refractivity contribution < 1.29 is 13.2 Å². The standard InChI is InChI=1S/C15H29N3O3S.2ClH/c1-13(14-2-4-16-5-3-14)12-15(19)17-6-7-18-8-10-22(20,21)11-9-18;;/h13-14,16H,2-12H2,1H3,(H,17,19);2*1H. The Morgan fingerprint density at radius 2 is 1.79 bits per heavy atom. The van der Waals surface area contributed by atoms with Gasteiger partial charge in [-0.1, -0.05) is 6.92 Å². The van der Waals surface area contributed by atoms with Gasteiger partial charge in [0.15, 0.2) is 9.84 Å². The van der Waals surface area contributed by atoms with E-state index >= 15 is 0 Å². The van der Waals surface area contributed by atoms with Crippen LogP contribution in [-0.4, -0.2) is 70.0 Å². The Morgan fingerprint density at radius 3 is 2.38 bits per heavy atom. The molecule has 2 fully saturated rings. The average molecular weight is 404 g/mol. The molecule has 144 valence electrons. The van der Waals surface area contributed by atoms with E-state index in [1.807, 2.05) is 0 Å². The summed E-state index contributed by atoms with van der Waals surface area (Å²) in [5.41, 5.74) is 0. The van der Waals surface area contributed by atoms with Crippen molar-refractivity contribution in [2.75, 3.05) is 50.8 Å². The van der Waals surface area contributed by atoms with Crippen molar-refractivity contribution in [1.82, 2.24) is 15.5 Å². The van der Waals surface area contributed by atoms with Crippen LogP contribution in [0.3, 0.4) is 0 Å². The fourth-order valence-electron chi connectivity index (χ4n) is 3.27. The van der Waals surface area contributed by atoms with Gasteiger partial charge < -0.3 is 10.6 Å². The van der Waals surface area contributed by atoms with Gasteiger partial charge in [0, 0.05) is 32.6 Å². The van der Waals surface area contributed by atoms with E-state index in [9.17, 15) is 13.2 Å². The van der Waals surface area contributed by atoms with E-state index < -0.39 is 9.84 Å². The molecular weight excluding hydrogens is 373 g/mol. The molecular formula is C15H31Cl2N3O3S. The number of carbonyl (C=O) groups excluding carboxylic acids is 1. The molecule has 0 saturated carbocycles. The summed E-state index contributed by atoms with van der Waals surface area (Å²) in [6.07, 6.45) is 2.92. The fourth-order valence-corrected chi connectivity index (χ4v) is 4.55. The number of sulfone groups is 1. The quantitative estimate of drug-likeness (QED) is 0.682. The van der Waals surface area contributed by atoms with Gasteiger partial charge in [-0.15, -0.1) is 24.8 Å². The van der Waals surface area contributed by atoms with Crippen LogP contribution in [0.5, 0.6) is 0 Å². The van der Waals surface area contributed by atoms with Crippen LogP contribution in [0, 0.1) is 11.8 Å². The maximum atomic E-state index is 12.0. The van der Waals surface area contributed by atoms with E-state index in [4.69, 9.17) is 0 Å². The van der Waals surface area contributed by atoms with Gasteiger partial charge in [0.1, 0.15) is 0 Å². The molecule has 2 heterocycles. The molecule has 0 radical (unpaired) electrons. The molecule has 0 spiro atoms. The number of halogens is 2. The van der Waals surface area contributed by atoms with E-state index in [2.05, 4.69) is 22.5 Å². The van der Waals surface area contributed by atoms with Gasteiger partial charge in [-0.25, -0.2) is 8.42 Å². The van der Waals surface area contributed by atoms with Crippen molar-refractivity contribution in [2.24, 2.45) is 11.8 Å². The summed E-state index contributed by atoms with van der Waals surface area (Å²) in [6.45, 7) is 6.82. The summed E-state index contributed by atoms with van der Waals surface area (Å²) in [5.74, 6) is 1.69. The van der Waals surface area contributed by atoms with Crippen molar-refractivity contribution in [2.45, 2.75) is 26.2 Å². The lowest BCUT2D eigenvalue weighted by atomic mass is 9.84. The molecule has 24 heavy (non-hydrogen) atoms. The summed E-state index contributed by atoms with van der Waals surface area (Å²) in [7, 11) is -2.82. The molecule has 1 amide bonds. The molecule has 0 aromatic heterocycles. The smallest absolute Gasteiger partial charge is 0.220 e. The molecule has 2 rings (SSSR count). The Hall–Kier alpha value is -0.0800. The Bertz CT molecular complexity index is 457. The largest absolute Gasteiger partial charge is 0.355 e. The highest BCUT2D eigenvalue weighted by molar-refractivity contribution is 7.91. The Balaban J connectivity index is 0.00000264. The number of nitrogens with zero attached hydrogens (tertiary/aromatic N) is 1. The third kappa shape index (κ3) is 8.34. The van der Waals surface area contributed by atoms with Crippen LogP contribution in [0.25, 0.3) is 0 Å². The Morgan fingerprint density at radius 1 is 1.21 bits per heavy atom. The molecule has 2 aliphatic heterocycles. The van der Waals surface area contributed by atoms with Crippen molar-refractivity contribution in [3.05, 3.63) is 0 Å². The predicted molar refractivity (Wildman–Crippen MR) is 102 cm³/mol. The molecule has 2 N–H and O–H groups in total. The van der Waals surface area contributed by atoms with Gasteiger partial charge >= 0.3 is 0 Å². The van der Waals surface area contributed by atoms with Gasteiger partial charge in [-0.2, -0.15) is 0 Å². The Kier molecular flexibility index (Phi) is 11.5. The summed E-state index contributed by atoms with van der Waals surface area (Å²) in [4.78, 5) is 14.1. The first-order valence-corrected chi connectivity index (χ1v) is 10.2. The third-order valence-electron chi connectivity index (χ3n) is 4.88. The van der Waals surface area contributed by atoms with Crippen LogP contribution in [-0.2, 0) is 14.6 Å². The zero-order chi connectivity index (χ0) is 16.0. The zero-order valence-corrected chi connectivity index (χ0v) is 16.8. The summed E-state index contributed by atoms with van der Waals surface area (Å²) in [6, 6.07) is 0. The van der Waals surface area contributed by atoms with Crippen molar-refractivity contribution in [3.8, 4) is 0 Å². The molecule has 0 aliphatic carbocycles. The second kappa shape index (κ2) is 11.5. The molecule has 1 unspecified atom stereocenters. The fraction of sp³-hybridized carbons (Fsp3) is 0.933. The average Bonchev–Trinajstić information content (AvgIpc) is 2.50. The topological polar surface area (TPSA) is 78.5 Å². The minimum absolute atomic E-state index is 0. The number of piperidine rings is 1. The van der Waals surface area contributed by atoms with Gasteiger partial charge in [-0.3, -0.25) is 9.69 Å². The first-order chi connectivity index (χ1) is 10.5. The highest BCUT2D eigenvalue weighted by atomic mass is 35.5. The molecule has 9 heteroatoms. The van der Waals surface area contributed by atoms with E-state index in [1.165, 1.54) is 0 Å².